The van der Waals surface area contributed by atoms with Crippen molar-refractivity contribution >= 4 is 11.6 Å². The largest absolute Gasteiger partial charge is 0.491 e. The fourth-order valence-corrected chi connectivity index (χ4v) is 4.43. The number of nitrogens with one attached hydrogen (secondary N) is 1. The molecule has 0 radical (unpaired) electrons. The van der Waals surface area contributed by atoms with Crippen LogP contribution in [0.1, 0.15) is 55.2 Å². The molecule has 0 fully saturated rings. The molecule has 1 N–H and O–H groups in total. The maximum Gasteiger partial charge on any atom is 0.272 e. The first-order valence-electron chi connectivity index (χ1n) is 11.9. The van der Waals surface area contributed by atoms with Crippen molar-refractivity contribution in [1.29, 1.82) is 0 Å². The zero-order valence-corrected chi connectivity index (χ0v) is 19.8. The fraction of sp³-hybridized carbons (Fsp3) is 0.407. The molecule has 1 atom stereocenters. The number of para-hydroxylation sites is 2. The minimum absolute atomic E-state index is 0.00228. The zero-order chi connectivity index (χ0) is 23.2. The molecule has 0 unspecified atom stereocenters. The Morgan fingerprint density at radius 1 is 1.12 bits per heavy atom. The molecule has 1 aromatic heterocycles. The lowest BCUT2D eigenvalue weighted by Gasteiger charge is -2.33. The van der Waals surface area contributed by atoms with Crippen LogP contribution in [0.2, 0.25) is 0 Å². The van der Waals surface area contributed by atoms with E-state index < -0.39 is 0 Å². The van der Waals surface area contributed by atoms with Crippen molar-refractivity contribution in [2.75, 3.05) is 11.9 Å². The van der Waals surface area contributed by atoms with Gasteiger partial charge in [-0.15, -0.1) is 0 Å². The van der Waals surface area contributed by atoms with Crippen LogP contribution in [0.5, 0.6) is 5.75 Å². The van der Waals surface area contributed by atoms with E-state index in [1.165, 1.54) is 0 Å². The molecule has 0 spiro atoms. The number of fused-ring (bicyclic) bond motifs is 2. The normalized spacial score (nSPS) is 16.2. The number of hydrogen-bond acceptors (Lipinski definition) is 4. The quantitative estimate of drug-likeness (QED) is 0.574. The van der Waals surface area contributed by atoms with E-state index in [4.69, 9.17) is 4.74 Å². The monoisotopic (exact) mass is 446 g/mol. The number of hydrogen-bond donors (Lipinski definition) is 1. The van der Waals surface area contributed by atoms with Gasteiger partial charge in [-0.05, 0) is 42.5 Å². The number of amides is 1. The van der Waals surface area contributed by atoms with E-state index >= 15 is 0 Å². The molecule has 0 saturated carbocycles. The third-order valence-corrected chi connectivity index (χ3v) is 6.05. The molecule has 6 heteroatoms. The lowest BCUT2D eigenvalue weighted by Crippen LogP contribution is -2.44. The lowest BCUT2D eigenvalue weighted by atomic mass is 10.0. The second-order valence-electron chi connectivity index (χ2n) is 9.09. The molecule has 3 aromatic rings. The fourth-order valence-electron chi connectivity index (χ4n) is 4.43. The van der Waals surface area contributed by atoms with Crippen molar-refractivity contribution < 1.29 is 9.53 Å². The molecule has 6 nitrogen and oxygen atoms in total. The number of aromatic nitrogens is 2. The van der Waals surface area contributed by atoms with Crippen LogP contribution in [-0.2, 0) is 19.6 Å². The summed E-state index contributed by atoms with van der Waals surface area (Å²) in [6.07, 6.45) is 3.49. The average Bonchev–Trinajstić information content (AvgIpc) is 3.27. The van der Waals surface area contributed by atoms with E-state index in [0.29, 0.717) is 31.3 Å². The SMILES string of the molecule is CCCn1nccc1C(=O)N1Cc2ccccc2NCc2ccccc2OC[C@@H]1CC(C)C. The second-order valence-corrected chi connectivity index (χ2v) is 9.09. The van der Waals surface area contributed by atoms with E-state index in [1.807, 2.05) is 46.0 Å². The first-order chi connectivity index (χ1) is 16.1. The smallest absolute Gasteiger partial charge is 0.272 e. The minimum Gasteiger partial charge on any atom is -0.491 e. The molecule has 0 saturated heterocycles. The summed E-state index contributed by atoms with van der Waals surface area (Å²) in [5, 5.41) is 7.96. The van der Waals surface area contributed by atoms with Crippen molar-refractivity contribution in [3.63, 3.8) is 0 Å². The predicted molar refractivity (Wildman–Crippen MR) is 131 cm³/mol. The Morgan fingerprint density at radius 2 is 1.88 bits per heavy atom. The molecule has 0 aliphatic carbocycles. The van der Waals surface area contributed by atoms with Crippen molar-refractivity contribution in [3.05, 3.63) is 77.6 Å². The highest BCUT2D eigenvalue weighted by atomic mass is 16.5. The topological polar surface area (TPSA) is 59.4 Å². The standard InChI is InChI=1S/C27H34N4O2/c1-4-15-31-25(13-14-29-31)27(32)30-18-22-10-5-7-11-24(22)28-17-21-9-6-8-12-26(21)33-19-23(30)16-20(2)3/h5-14,20,23,28H,4,15-19H2,1-3H3/t23-/m0/s1. The highest BCUT2D eigenvalue weighted by molar-refractivity contribution is 5.92. The Bertz CT molecular complexity index is 1080. The second kappa shape index (κ2) is 10.6. The van der Waals surface area contributed by atoms with Crippen LogP contribution in [0.25, 0.3) is 0 Å². The Labute approximate surface area is 196 Å². The molecule has 1 aliphatic rings. The average molecular weight is 447 g/mol. The van der Waals surface area contributed by atoms with Crippen LogP contribution in [0, 0.1) is 5.92 Å². The van der Waals surface area contributed by atoms with Gasteiger partial charge in [-0.3, -0.25) is 9.48 Å². The minimum atomic E-state index is -0.0679. The Balaban J connectivity index is 1.77. The summed E-state index contributed by atoms with van der Waals surface area (Å²) in [4.78, 5) is 15.9. The first kappa shape index (κ1) is 22.9. The summed E-state index contributed by atoms with van der Waals surface area (Å²) in [6, 6.07) is 18.1. The number of aryl methyl sites for hydroxylation is 1. The number of anilines is 1. The predicted octanol–water partition coefficient (Wildman–Crippen LogP) is 5.35. The lowest BCUT2D eigenvalue weighted by molar-refractivity contribution is 0.0545. The number of carbonyl (C=O) groups excluding carboxylic acids is 1. The van der Waals surface area contributed by atoms with Gasteiger partial charge in [-0.2, -0.15) is 5.10 Å². The van der Waals surface area contributed by atoms with Gasteiger partial charge >= 0.3 is 0 Å². The van der Waals surface area contributed by atoms with Crippen LogP contribution in [0.15, 0.2) is 60.8 Å². The van der Waals surface area contributed by atoms with E-state index in [1.54, 1.807) is 6.20 Å². The highest BCUT2D eigenvalue weighted by Gasteiger charge is 2.29. The molecule has 2 heterocycles. The van der Waals surface area contributed by atoms with E-state index in [-0.39, 0.29) is 11.9 Å². The third kappa shape index (κ3) is 5.38. The molecule has 1 aliphatic heterocycles. The highest BCUT2D eigenvalue weighted by Crippen LogP contribution is 2.27. The third-order valence-electron chi connectivity index (χ3n) is 6.05. The summed E-state index contributed by atoms with van der Waals surface area (Å²) in [5.41, 5.74) is 3.88. The maximum atomic E-state index is 13.9. The molecule has 33 heavy (non-hydrogen) atoms. The summed E-state index contributed by atoms with van der Waals surface area (Å²) in [7, 11) is 0. The summed E-state index contributed by atoms with van der Waals surface area (Å²) >= 11 is 0. The summed E-state index contributed by atoms with van der Waals surface area (Å²) in [5.74, 6) is 1.28. The van der Waals surface area contributed by atoms with Crippen molar-refractivity contribution in [3.8, 4) is 5.75 Å². The molecule has 4 rings (SSSR count). The summed E-state index contributed by atoms with van der Waals surface area (Å²) in [6.45, 7) is 8.83. The summed E-state index contributed by atoms with van der Waals surface area (Å²) < 4.78 is 8.17. The maximum absolute atomic E-state index is 13.9. The number of nitrogens with zero attached hydrogens (tertiary/aromatic N) is 3. The van der Waals surface area contributed by atoms with Crippen LogP contribution in [-0.4, -0.2) is 33.2 Å². The van der Waals surface area contributed by atoms with Gasteiger partial charge in [0.05, 0.1) is 6.04 Å². The Morgan fingerprint density at radius 3 is 2.67 bits per heavy atom. The van der Waals surface area contributed by atoms with E-state index in [0.717, 1.165) is 42.0 Å². The zero-order valence-electron chi connectivity index (χ0n) is 19.8. The van der Waals surface area contributed by atoms with Gasteiger partial charge < -0.3 is 15.0 Å². The van der Waals surface area contributed by atoms with Crippen LogP contribution in [0.3, 0.4) is 0 Å². The van der Waals surface area contributed by atoms with Gasteiger partial charge in [-0.1, -0.05) is 57.2 Å². The number of benzene rings is 2. The Kier molecular flexibility index (Phi) is 7.33. The van der Waals surface area contributed by atoms with Gasteiger partial charge in [0.25, 0.3) is 5.91 Å². The molecular weight excluding hydrogens is 412 g/mol. The van der Waals surface area contributed by atoms with E-state index in [9.17, 15) is 4.79 Å². The molecular formula is C27H34N4O2. The van der Waals surface area contributed by atoms with Crippen molar-refractivity contribution in [2.24, 2.45) is 5.92 Å². The van der Waals surface area contributed by atoms with Crippen LogP contribution in [0.4, 0.5) is 5.69 Å². The van der Waals surface area contributed by atoms with Gasteiger partial charge in [0.15, 0.2) is 0 Å². The van der Waals surface area contributed by atoms with Crippen LogP contribution >= 0.6 is 0 Å². The molecule has 1 amide bonds. The van der Waals surface area contributed by atoms with Gasteiger partial charge in [0, 0.05) is 37.1 Å². The van der Waals surface area contributed by atoms with Crippen molar-refractivity contribution in [1.82, 2.24) is 14.7 Å². The first-order valence-corrected chi connectivity index (χ1v) is 11.9. The Hall–Kier alpha value is -3.28. The van der Waals surface area contributed by atoms with Gasteiger partial charge in [0.1, 0.15) is 18.1 Å². The van der Waals surface area contributed by atoms with Crippen molar-refractivity contribution in [2.45, 2.75) is 59.3 Å². The van der Waals surface area contributed by atoms with Gasteiger partial charge in [-0.25, -0.2) is 0 Å². The number of rotatable bonds is 5. The molecule has 2 aromatic carbocycles. The number of ether oxygens (including phenoxy) is 1. The molecule has 174 valence electrons. The van der Waals surface area contributed by atoms with Gasteiger partial charge in [0.2, 0.25) is 0 Å². The molecule has 0 bridgehead atoms. The van der Waals surface area contributed by atoms with Crippen LogP contribution < -0.4 is 10.1 Å². The number of carbonyl (C=O) groups is 1. The van der Waals surface area contributed by atoms with E-state index in [2.05, 4.69) is 49.4 Å².